The lowest BCUT2D eigenvalue weighted by Gasteiger charge is -2.04. The van der Waals surface area contributed by atoms with Crippen LogP contribution < -0.4 is 5.32 Å². The van der Waals surface area contributed by atoms with E-state index in [1.165, 1.54) is 0 Å². The number of carbonyl (C=O) groups excluding carboxylic acids is 1. The van der Waals surface area contributed by atoms with Gasteiger partial charge in [-0.05, 0) is 25.5 Å². The standard InChI is InChI=1S/C10H13ClN2O/c1-3-4-12-10(14)8-5-7(2)13-9(11)6-8/h5-6H,3-4H2,1-2H3,(H,12,14). The van der Waals surface area contributed by atoms with Crippen LogP contribution in [0.5, 0.6) is 0 Å². The van der Waals surface area contributed by atoms with Gasteiger partial charge in [0, 0.05) is 17.8 Å². The fourth-order valence-electron chi connectivity index (χ4n) is 1.10. The average molecular weight is 213 g/mol. The van der Waals surface area contributed by atoms with Crippen LogP contribution in [0.1, 0.15) is 29.4 Å². The van der Waals surface area contributed by atoms with Crippen molar-refractivity contribution in [3.63, 3.8) is 0 Å². The Labute approximate surface area is 88.5 Å². The summed E-state index contributed by atoms with van der Waals surface area (Å²) in [5.41, 5.74) is 1.31. The number of carbonyl (C=O) groups is 1. The molecule has 0 aliphatic heterocycles. The van der Waals surface area contributed by atoms with E-state index in [-0.39, 0.29) is 5.91 Å². The van der Waals surface area contributed by atoms with Crippen molar-refractivity contribution in [2.75, 3.05) is 6.54 Å². The van der Waals surface area contributed by atoms with Crippen molar-refractivity contribution < 1.29 is 4.79 Å². The molecule has 0 saturated carbocycles. The highest BCUT2D eigenvalue weighted by molar-refractivity contribution is 6.29. The molecule has 1 aromatic rings. The minimum atomic E-state index is -0.0979. The highest BCUT2D eigenvalue weighted by atomic mass is 35.5. The molecule has 0 saturated heterocycles. The van der Waals surface area contributed by atoms with Crippen LogP contribution in [0.25, 0.3) is 0 Å². The number of amides is 1. The van der Waals surface area contributed by atoms with Crippen molar-refractivity contribution in [3.05, 3.63) is 28.5 Å². The highest BCUT2D eigenvalue weighted by Crippen LogP contribution is 2.10. The monoisotopic (exact) mass is 212 g/mol. The molecule has 1 amide bonds. The van der Waals surface area contributed by atoms with Crippen molar-refractivity contribution in [2.24, 2.45) is 0 Å². The van der Waals surface area contributed by atoms with Gasteiger partial charge in [0.15, 0.2) is 0 Å². The second-order valence-electron chi connectivity index (χ2n) is 3.08. The van der Waals surface area contributed by atoms with Gasteiger partial charge < -0.3 is 5.32 Å². The molecule has 0 unspecified atom stereocenters. The Morgan fingerprint density at radius 2 is 2.29 bits per heavy atom. The van der Waals surface area contributed by atoms with Crippen LogP contribution in [0.15, 0.2) is 12.1 Å². The van der Waals surface area contributed by atoms with E-state index in [1.807, 2.05) is 13.8 Å². The first-order valence-electron chi connectivity index (χ1n) is 4.56. The molecule has 0 aliphatic carbocycles. The summed E-state index contributed by atoms with van der Waals surface area (Å²) in [4.78, 5) is 15.5. The lowest BCUT2D eigenvalue weighted by atomic mass is 10.2. The predicted molar refractivity (Wildman–Crippen MR) is 56.6 cm³/mol. The van der Waals surface area contributed by atoms with Crippen molar-refractivity contribution in [3.8, 4) is 0 Å². The van der Waals surface area contributed by atoms with Gasteiger partial charge in [0.1, 0.15) is 5.15 Å². The number of nitrogens with zero attached hydrogens (tertiary/aromatic N) is 1. The van der Waals surface area contributed by atoms with Crippen LogP contribution in [0, 0.1) is 6.92 Å². The maximum absolute atomic E-state index is 11.5. The maximum Gasteiger partial charge on any atom is 0.251 e. The molecule has 1 heterocycles. The molecule has 3 nitrogen and oxygen atoms in total. The summed E-state index contributed by atoms with van der Waals surface area (Å²) in [5.74, 6) is -0.0979. The van der Waals surface area contributed by atoms with Gasteiger partial charge in [-0.1, -0.05) is 18.5 Å². The van der Waals surface area contributed by atoms with Gasteiger partial charge in [0.25, 0.3) is 5.91 Å². The number of aromatic nitrogens is 1. The molecular formula is C10H13ClN2O. The SMILES string of the molecule is CCCNC(=O)c1cc(C)nc(Cl)c1. The molecular weight excluding hydrogens is 200 g/mol. The normalized spacial score (nSPS) is 9.93. The lowest BCUT2D eigenvalue weighted by molar-refractivity contribution is 0.0953. The second-order valence-corrected chi connectivity index (χ2v) is 3.46. The number of pyridine rings is 1. The number of nitrogens with one attached hydrogen (secondary N) is 1. The van der Waals surface area contributed by atoms with Crippen LogP contribution in [-0.4, -0.2) is 17.4 Å². The van der Waals surface area contributed by atoms with Gasteiger partial charge >= 0.3 is 0 Å². The minimum Gasteiger partial charge on any atom is -0.352 e. The first-order valence-corrected chi connectivity index (χ1v) is 4.93. The molecule has 1 rings (SSSR count). The summed E-state index contributed by atoms with van der Waals surface area (Å²) in [7, 11) is 0. The number of hydrogen-bond acceptors (Lipinski definition) is 2. The van der Waals surface area contributed by atoms with E-state index >= 15 is 0 Å². The van der Waals surface area contributed by atoms with Gasteiger partial charge in [0.05, 0.1) is 0 Å². The van der Waals surface area contributed by atoms with Crippen LogP contribution in [-0.2, 0) is 0 Å². The number of rotatable bonds is 3. The smallest absolute Gasteiger partial charge is 0.251 e. The molecule has 0 aromatic carbocycles. The third-order valence-electron chi connectivity index (χ3n) is 1.72. The number of halogens is 1. The zero-order valence-electron chi connectivity index (χ0n) is 8.30. The Hall–Kier alpha value is -1.09. The summed E-state index contributed by atoms with van der Waals surface area (Å²) in [6.07, 6.45) is 0.920. The molecule has 4 heteroatoms. The summed E-state index contributed by atoms with van der Waals surface area (Å²) in [6, 6.07) is 3.29. The summed E-state index contributed by atoms with van der Waals surface area (Å²) < 4.78 is 0. The van der Waals surface area contributed by atoms with E-state index in [0.717, 1.165) is 12.1 Å². The summed E-state index contributed by atoms with van der Waals surface area (Å²) >= 11 is 5.74. The third-order valence-corrected chi connectivity index (χ3v) is 1.91. The summed E-state index contributed by atoms with van der Waals surface area (Å²) in [6.45, 7) is 4.49. The van der Waals surface area contributed by atoms with E-state index in [2.05, 4.69) is 10.3 Å². The van der Waals surface area contributed by atoms with Crippen LogP contribution in [0.4, 0.5) is 0 Å². The van der Waals surface area contributed by atoms with Crippen molar-refractivity contribution in [2.45, 2.75) is 20.3 Å². The molecule has 0 bridgehead atoms. The Morgan fingerprint density at radius 1 is 1.57 bits per heavy atom. The molecule has 0 atom stereocenters. The third kappa shape index (κ3) is 3.00. The van der Waals surface area contributed by atoms with Crippen LogP contribution in [0.3, 0.4) is 0 Å². The van der Waals surface area contributed by atoms with Gasteiger partial charge in [-0.15, -0.1) is 0 Å². The van der Waals surface area contributed by atoms with Crippen molar-refractivity contribution >= 4 is 17.5 Å². The quantitative estimate of drug-likeness (QED) is 0.781. The van der Waals surface area contributed by atoms with E-state index in [0.29, 0.717) is 17.3 Å². The van der Waals surface area contributed by atoms with Gasteiger partial charge in [-0.25, -0.2) is 4.98 Å². The first kappa shape index (κ1) is 11.0. The van der Waals surface area contributed by atoms with Gasteiger partial charge in [-0.3, -0.25) is 4.79 Å². The number of hydrogen-bond donors (Lipinski definition) is 1. The predicted octanol–water partition coefficient (Wildman–Crippen LogP) is 2.18. The largest absolute Gasteiger partial charge is 0.352 e. The van der Waals surface area contributed by atoms with Gasteiger partial charge in [-0.2, -0.15) is 0 Å². The van der Waals surface area contributed by atoms with E-state index in [9.17, 15) is 4.79 Å². The molecule has 0 spiro atoms. The maximum atomic E-state index is 11.5. The minimum absolute atomic E-state index is 0.0979. The second kappa shape index (κ2) is 4.96. The Morgan fingerprint density at radius 3 is 2.86 bits per heavy atom. The highest BCUT2D eigenvalue weighted by Gasteiger charge is 2.06. The fourth-order valence-corrected chi connectivity index (χ4v) is 1.35. The Bertz CT molecular complexity index is 319. The van der Waals surface area contributed by atoms with Crippen molar-refractivity contribution in [1.82, 2.24) is 10.3 Å². The molecule has 76 valence electrons. The zero-order chi connectivity index (χ0) is 10.6. The summed E-state index contributed by atoms with van der Waals surface area (Å²) in [5, 5.41) is 3.13. The van der Waals surface area contributed by atoms with Crippen LogP contribution in [0.2, 0.25) is 5.15 Å². The molecule has 0 radical (unpaired) electrons. The van der Waals surface area contributed by atoms with E-state index in [1.54, 1.807) is 12.1 Å². The van der Waals surface area contributed by atoms with E-state index in [4.69, 9.17) is 11.6 Å². The molecule has 0 aliphatic rings. The lowest BCUT2D eigenvalue weighted by Crippen LogP contribution is -2.24. The molecule has 1 aromatic heterocycles. The molecule has 14 heavy (non-hydrogen) atoms. The van der Waals surface area contributed by atoms with Gasteiger partial charge in [0.2, 0.25) is 0 Å². The average Bonchev–Trinajstić information content (AvgIpc) is 2.12. The molecule has 0 fully saturated rings. The number of aryl methyl sites for hydroxylation is 1. The fraction of sp³-hybridized carbons (Fsp3) is 0.400. The Balaban J connectivity index is 2.79. The van der Waals surface area contributed by atoms with E-state index < -0.39 is 0 Å². The Kier molecular flexibility index (Phi) is 3.89. The molecule has 1 N–H and O–H groups in total. The topological polar surface area (TPSA) is 42.0 Å². The van der Waals surface area contributed by atoms with Crippen LogP contribution >= 0.6 is 11.6 Å². The first-order chi connectivity index (χ1) is 6.63. The zero-order valence-corrected chi connectivity index (χ0v) is 9.06. The van der Waals surface area contributed by atoms with Crippen molar-refractivity contribution in [1.29, 1.82) is 0 Å².